The van der Waals surface area contributed by atoms with Gasteiger partial charge in [-0.3, -0.25) is 14.5 Å². The lowest BCUT2D eigenvalue weighted by Crippen LogP contribution is -2.54. The molecule has 2 amide bonds. The van der Waals surface area contributed by atoms with Crippen molar-refractivity contribution in [3.63, 3.8) is 0 Å². The summed E-state index contributed by atoms with van der Waals surface area (Å²) >= 11 is 0. The van der Waals surface area contributed by atoms with E-state index >= 15 is 0 Å². The van der Waals surface area contributed by atoms with Gasteiger partial charge in [0.05, 0.1) is 18.7 Å². The molecule has 0 saturated carbocycles. The molecule has 0 bridgehead atoms. The fourth-order valence-electron chi connectivity index (χ4n) is 2.98. The van der Waals surface area contributed by atoms with Gasteiger partial charge in [-0.15, -0.1) is 0 Å². The van der Waals surface area contributed by atoms with Gasteiger partial charge in [-0.25, -0.2) is 4.98 Å². The number of alkyl halides is 3. The zero-order valence-corrected chi connectivity index (χ0v) is 12.9. The van der Waals surface area contributed by atoms with Gasteiger partial charge in [0.15, 0.2) is 0 Å². The van der Waals surface area contributed by atoms with Crippen LogP contribution in [-0.4, -0.2) is 48.9 Å². The fourth-order valence-corrected chi connectivity index (χ4v) is 2.98. The zero-order chi connectivity index (χ0) is 17.3. The molecule has 1 aromatic rings. The summed E-state index contributed by atoms with van der Waals surface area (Å²) in [5.41, 5.74) is -0.725. The lowest BCUT2D eigenvalue weighted by Gasteiger charge is -2.32. The van der Waals surface area contributed by atoms with E-state index in [2.05, 4.69) is 10.3 Å². The van der Waals surface area contributed by atoms with Crippen molar-refractivity contribution in [3.8, 4) is 0 Å². The minimum absolute atomic E-state index is 0.0862. The van der Waals surface area contributed by atoms with Crippen LogP contribution in [0.1, 0.15) is 18.4 Å². The zero-order valence-electron chi connectivity index (χ0n) is 12.9. The molecule has 9 heteroatoms. The van der Waals surface area contributed by atoms with E-state index in [1.807, 2.05) is 4.90 Å². The standard InChI is InChI=1S/C15H17F3N4O2/c16-15(17,18)10-1-3-12(19-9-10)21-5-7-22(8-6-21)14(24)11-2-4-13(23)20-11/h1,3,9,11H,2,4-8H2,(H,20,23)/p+1/t11-/m0/s1. The van der Waals surface area contributed by atoms with Gasteiger partial charge in [0.25, 0.3) is 5.82 Å². The second-order valence-corrected chi connectivity index (χ2v) is 5.93. The van der Waals surface area contributed by atoms with Crippen molar-refractivity contribution >= 4 is 17.6 Å². The Kier molecular flexibility index (Phi) is 4.33. The molecule has 3 heterocycles. The molecule has 2 fully saturated rings. The SMILES string of the molecule is O=C1CC[C@@H](C(=O)N2CCN(c3ccc(C(F)(F)F)c[nH+]3)CC2)N1. The smallest absolute Gasteiger partial charge is 0.344 e. The summed E-state index contributed by atoms with van der Waals surface area (Å²) in [6.07, 6.45) is -2.53. The molecular weight excluding hydrogens is 325 g/mol. The predicted octanol–water partition coefficient (Wildman–Crippen LogP) is 0.447. The second-order valence-electron chi connectivity index (χ2n) is 5.93. The number of piperazine rings is 1. The number of nitrogens with one attached hydrogen (secondary N) is 2. The molecule has 2 aliphatic rings. The predicted molar refractivity (Wildman–Crippen MR) is 78.0 cm³/mol. The third-order valence-electron chi connectivity index (χ3n) is 4.35. The second kappa shape index (κ2) is 6.29. The van der Waals surface area contributed by atoms with E-state index in [1.165, 1.54) is 6.07 Å². The summed E-state index contributed by atoms with van der Waals surface area (Å²) in [6, 6.07) is 2.00. The van der Waals surface area contributed by atoms with Crippen molar-refractivity contribution in [1.29, 1.82) is 0 Å². The Morgan fingerprint density at radius 3 is 2.42 bits per heavy atom. The average Bonchev–Trinajstić information content (AvgIpc) is 3.00. The highest BCUT2D eigenvalue weighted by atomic mass is 19.4. The third-order valence-corrected chi connectivity index (χ3v) is 4.35. The number of carbonyl (C=O) groups excluding carboxylic acids is 2. The van der Waals surface area contributed by atoms with E-state index in [4.69, 9.17) is 0 Å². The summed E-state index contributed by atoms with van der Waals surface area (Å²) in [4.78, 5) is 29.8. The Balaban J connectivity index is 1.57. The molecule has 24 heavy (non-hydrogen) atoms. The minimum atomic E-state index is -4.37. The maximum Gasteiger partial charge on any atom is 0.419 e. The number of pyridine rings is 1. The van der Waals surface area contributed by atoms with Crippen molar-refractivity contribution in [1.82, 2.24) is 10.2 Å². The number of aromatic amines is 1. The van der Waals surface area contributed by atoms with Crippen LogP contribution in [0.4, 0.5) is 19.0 Å². The molecule has 2 aliphatic heterocycles. The molecule has 0 aliphatic carbocycles. The van der Waals surface area contributed by atoms with Gasteiger partial charge in [-0.05, 0) is 12.5 Å². The maximum absolute atomic E-state index is 12.6. The normalized spacial score (nSPS) is 21.8. The number of hydrogen-bond donors (Lipinski definition) is 1. The van der Waals surface area contributed by atoms with Crippen LogP contribution >= 0.6 is 0 Å². The monoisotopic (exact) mass is 343 g/mol. The Labute approximate surface area is 136 Å². The number of carbonyl (C=O) groups is 2. The molecule has 0 aromatic carbocycles. The van der Waals surface area contributed by atoms with Crippen LogP contribution in [-0.2, 0) is 15.8 Å². The van der Waals surface area contributed by atoms with E-state index in [9.17, 15) is 22.8 Å². The van der Waals surface area contributed by atoms with Crippen LogP contribution in [0.5, 0.6) is 0 Å². The van der Waals surface area contributed by atoms with Crippen LogP contribution < -0.4 is 15.2 Å². The molecule has 6 nitrogen and oxygen atoms in total. The highest BCUT2D eigenvalue weighted by Gasteiger charge is 2.35. The molecule has 3 rings (SSSR count). The Morgan fingerprint density at radius 1 is 1.21 bits per heavy atom. The fraction of sp³-hybridized carbons (Fsp3) is 0.533. The van der Waals surface area contributed by atoms with Crippen LogP contribution in [0.25, 0.3) is 0 Å². The van der Waals surface area contributed by atoms with Crippen LogP contribution in [0.15, 0.2) is 18.3 Å². The lowest BCUT2D eigenvalue weighted by atomic mass is 10.2. The van der Waals surface area contributed by atoms with Crippen LogP contribution in [0, 0.1) is 0 Å². The summed E-state index contributed by atoms with van der Waals surface area (Å²) in [5.74, 6) is 0.396. The number of amides is 2. The molecule has 130 valence electrons. The Bertz CT molecular complexity index is 625. The van der Waals surface area contributed by atoms with E-state index in [0.29, 0.717) is 44.8 Å². The molecule has 0 radical (unpaired) electrons. The summed E-state index contributed by atoms with van der Waals surface area (Å²) in [7, 11) is 0. The van der Waals surface area contributed by atoms with Gasteiger partial charge >= 0.3 is 6.18 Å². The number of halogens is 3. The number of hydrogen-bond acceptors (Lipinski definition) is 3. The van der Waals surface area contributed by atoms with Crippen molar-refractivity contribution in [3.05, 3.63) is 23.9 Å². The molecular formula is C15H18F3N4O2+. The first-order chi connectivity index (χ1) is 11.3. The molecule has 2 saturated heterocycles. The van der Waals surface area contributed by atoms with E-state index in [1.54, 1.807) is 4.90 Å². The third kappa shape index (κ3) is 3.44. The molecule has 0 unspecified atom stereocenters. The van der Waals surface area contributed by atoms with Crippen molar-refractivity contribution < 1.29 is 27.7 Å². The molecule has 2 N–H and O–H groups in total. The lowest BCUT2D eigenvalue weighted by molar-refractivity contribution is -0.367. The summed E-state index contributed by atoms with van der Waals surface area (Å²) in [5, 5.41) is 2.66. The van der Waals surface area contributed by atoms with Crippen molar-refractivity contribution in [2.45, 2.75) is 25.1 Å². The number of H-pyrrole nitrogens is 1. The van der Waals surface area contributed by atoms with E-state index < -0.39 is 17.8 Å². The molecule has 1 atom stereocenters. The first-order valence-electron chi connectivity index (χ1n) is 7.76. The minimum Gasteiger partial charge on any atom is -0.344 e. The number of rotatable bonds is 2. The molecule has 0 spiro atoms. The largest absolute Gasteiger partial charge is 0.419 e. The first kappa shape index (κ1) is 16.5. The quantitative estimate of drug-likeness (QED) is 0.848. The Morgan fingerprint density at radius 2 is 1.92 bits per heavy atom. The molecule has 1 aromatic heterocycles. The first-order valence-corrected chi connectivity index (χ1v) is 7.76. The Hall–Kier alpha value is -2.32. The maximum atomic E-state index is 12.6. The number of nitrogens with zero attached hydrogens (tertiary/aromatic N) is 2. The highest BCUT2D eigenvalue weighted by molar-refractivity contribution is 5.90. The number of anilines is 1. The summed E-state index contributed by atoms with van der Waals surface area (Å²) < 4.78 is 37.7. The summed E-state index contributed by atoms with van der Waals surface area (Å²) in [6.45, 7) is 1.99. The van der Waals surface area contributed by atoms with Gasteiger partial charge in [0, 0.05) is 12.5 Å². The van der Waals surface area contributed by atoms with Gasteiger partial charge in [0.2, 0.25) is 11.8 Å². The topological polar surface area (TPSA) is 66.8 Å². The van der Waals surface area contributed by atoms with Gasteiger partial charge in [-0.1, -0.05) is 0 Å². The van der Waals surface area contributed by atoms with Crippen LogP contribution in [0.3, 0.4) is 0 Å². The van der Waals surface area contributed by atoms with E-state index in [0.717, 1.165) is 12.3 Å². The van der Waals surface area contributed by atoms with Crippen LogP contribution in [0.2, 0.25) is 0 Å². The van der Waals surface area contributed by atoms with E-state index in [-0.39, 0.29) is 11.8 Å². The number of aromatic nitrogens is 1. The van der Waals surface area contributed by atoms with Gasteiger partial charge < -0.3 is 10.2 Å². The highest BCUT2D eigenvalue weighted by Crippen LogP contribution is 2.28. The van der Waals surface area contributed by atoms with Crippen molar-refractivity contribution in [2.24, 2.45) is 0 Å². The van der Waals surface area contributed by atoms with Crippen molar-refractivity contribution in [2.75, 3.05) is 31.1 Å². The van der Waals surface area contributed by atoms with Gasteiger partial charge in [-0.2, -0.15) is 13.2 Å². The average molecular weight is 343 g/mol. The van der Waals surface area contributed by atoms with Gasteiger partial charge in [0.1, 0.15) is 25.3 Å².